The van der Waals surface area contributed by atoms with Crippen LogP contribution in [0.25, 0.3) is 0 Å². The molecule has 0 fully saturated rings. The van der Waals surface area contributed by atoms with E-state index in [-0.39, 0.29) is 0 Å². The van der Waals surface area contributed by atoms with Gasteiger partial charge in [0.15, 0.2) is 0 Å². The lowest BCUT2D eigenvalue weighted by Crippen LogP contribution is -2.25. The Bertz CT molecular complexity index is 620. The van der Waals surface area contributed by atoms with Crippen molar-refractivity contribution in [2.24, 2.45) is 0 Å². The Morgan fingerprint density at radius 2 is 2.20 bits per heavy atom. The maximum atomic E-state index is 12.1. The van der Waals surface area contributed by atoms with Gasteiger partial charge < -0.3 is 5.32 Å². The summed E-state index contributed by atoms with van der Waals surface area (Å²) in [4.78, 5) is 5.49. The monoisotopic (exact) mass is 331 g/mol. The van der Waals surface area contributed by atoms with Crippen molar-refractivity contribution >= 4 is 32.7 Å². The molecule has 0 aliphatic carbocycles. The van der Waals surface area contributed by atoms with Gasteiger partial charge >= 0.3 is 0 Å². The van der Waals surface area contributed by atoms with Gasteiger partial charge in [-0.2, -0.15) is 0 Å². The molecule has 0 unspecified atom stereocenters. The van der Waals surface area contributed by atoms with Crippen LogP contribution in [0.3, 0.4) is 0 Å². The first kappa shape index (κ1) is 15.6. The van der Waals surface area contributed by atoms with Crippen LogP contribution in [-0.4, -0.2) is 26.5 Å². The van der Waals surface area contributed by atoms with E-state index in [1.54, 1.807) is 17.6 Å². The van der Waals surface area contributed by atoms with Gasteiger partial charge in [-0.25, -0.2) is 18.1 Å². The standard InChI is InChI=1S/C12H17N3O2S3/c1-2-13-8-10-7-11(9-19-10)20(16,17)15-4-3-12-14-5-6-18-12/h5-7,9,13,15H,2-4,8H2,1H3. The number of aromatic nitrogens is 1. The summed E-state index contributed by atoms with van der Waals surface area (Å²) < 4.78 is 26.8. The summed E-state index contributed by atoms with van der Waals surface area (Å²) in [6.07, 6.45) is 2.34. The molecule has 110 valence electrons. The average molecular weight is 331 g/mol. The maximum absolute atomic E-state index is 12.1. The second-order valence-corrected chi connectivity index (χ2v) is 7.84. The summed E-state index contributed by atoms with van der Waals surface area (Å²) >= 11 is 2.99. The second kappa shape index (κ2) is 7.28. The molecule has 2 rings (SSSR count). The van der Waals surface area contributed by atoms with Crippen LogP contribution in [0.15, 0.2) is 27.9 Å². The van der Waals surface area contributed by atoms with Gasteiger partial charge in [0, 0.05) is 41.3 Å². The van der Waals surface area contributed by atoms with Gasteiger partial charge in [0.25, 0.3) is 0 Å². The number of thiazole rings is 1. The lowest BCUT2D eigenvalue weighted by atomic mass is 10.4. The molecule has 0 bridgehead atoms. The third-order valence-electron chi connectivity index (χ3n) is 2.60. The van der Waals surface area contributed by atoms with Crippen LogP contribution in [0.2, 0.25) is 0 Å². The van der Waals surface area contributed by atoms with Crippen molar-refractivity contribution in [3.8, 4) is 0 Å². The highest BCUT2D eigenvalue weighted by molar-refractivity contribution is 7.89. The fraction of sp³-hybridized carbons (Fsp3) is 0.417. The van der Waals surface area contributed by atoms with Gasteiger partial charge in [0.2, 0.25) is 10.0 Å². The first-order chi connectivity index (χ1) is 9.62. The van der Waals surface area contributed by atoms with Crippen molar-refractivity contribution in [1.29, 1.82) is 0 Å². The normalized spacial score (nSPS) is 11.8. The number of hydrogen-bond donors (Lipinski definition) is 2. The Hall–Kier alpha value is -0.800. The smallest absolute Gasteiger partial charge is 0.241 e. The zero-order chi connectivity index (χ0) is 14.4. The Labute approximate surface area is 127 Å². The maximum Gasteiger partial charge on any atom is 0.241 e. The van der Waals surface area contributed by atoms with Crippen LogP contribution in [0, 0.1) is 0 Å². The highest BCUT2D eigenvalue weighted by atomic mass is 32.2. The van der Waals surface area contributed by atoms with Gasteiger partial charge in [0.1, 0.15) is 0 Å². The van der Waals surface area contributed by atoms with Crippen LogP contribution in [0.5, 0.6) is 0 Å². The zero-order valence-electron chi connectivity index (χ0n) is 11.1. The Balaban J connectivity index is 1.90. The Morgan fingerprint density at radius 1 is 1.35 bits per heavy atom. The molecule has 0 aliphatic heterocycles. The molecular formula is C12H17N3O2S3. The fourth-order valence-corrected chi connectivity index (χ4v) is 4.49. The molecule has 5 nitrogen and oxygen atoms in total. The number of thiophene rings is 1. The van der Waals surface area contributed by atoms with Crippen molar-refractivity contribution in [3.05, 3.63) is 32.9 Å². The topological polar surface area (TPSA) is 71.1 Å². The fourth-order valence-electron chi connectivity index (χ4n) is 1.59. The van der Waals surface area contributed by atoms with E-state index in [1.807, 2.05) is 12.3 Å². The second-order valence-electron chi connectivity index (χ2n) is 4.10. The Morgan fingerprint density at radius 3 is 2.90 bits per heavy atom. The number of rotatable bonds is 8. The lowest BCUT2D eigenvalue weighted by Gasteiger charge is -2.03. The molecule has 0 saturated carbocycles. The quantitative estimate of drug-likeness (QED) is 0.774. The first-order valence-electron chi connectivity index (χ1n) is 6.28. The molecule has 2 N–H and O–H groups in total. The molecule has 20 heavy (non-hydrogen) atoms. The number of sulfonamides is 1. The molecule has 0 amide bonds. The summed E-state index contributed by atoms with van der Waals surface area (Å²) in [6, 6.07) is 1.72. The van der Waals surface area contributed by atoms with Gasteiger partial charge in [-0.15, -0.1) is 22.7 Å². The van der Waals surface area contributed by atoms with Crippen molar-refractivity contribution < 1.29 is 8.42 Å². The third kappa shape index (κ3) is 4.35. The van der Waals surface area contributed by atoms with E-state index in [1.165, 1.54) is 22.7 Å². The number of nitrogens with one attached hydrogen (secondary N) is 2. The molecule has 0 spiro atoms. The first-order valence-corrected chi connectivity index (χ1v) is 9.52. The Kier molecular flexibility index (Phi) is 5.67. The lowest BCUT2D eigenvalue weighted by molar-refractivity contribution is 0.582. The molecule has 0 aromatic carbocycles. The van der Waals surface area contributed by atoms with Crippen LogP contribution in [0.4, 0.5) is 0 Å². The summed E-state index contributed by atoms with van der Waals surface area (Å²) in [5.41, 5.74) is 0. The molecule has 8 heteroatoms. The van der Waals surface area contributed by atoms with Crippen LogP contribution in [-0.2, 0) is 23.0 Å². The SMILES string of the molecule is CCNCc1cc(S(=O)(=O)NCCc2nccs2)cs1. The van der Waals surface area contributed by atoms with Crippen molar-refractivity contribution in [2.75, 3.05) is 13.1 Å². The van der Waals surface area contributed by atoms with E-state index in [9.17, 15) is 8.42 Å². The third-order valence-corrected chi connectivity index (χ3v) is 5.97. The van der Waals surface area contributed by atoms with E-state index in [2.05, 4.69) is 15.0 Å². The largest absolute Gasteiger partial charge is 0.312 e. The van der Waals surface area contributed by atoms with Gasteiger partial charge in [-0.3, -0.25) is 0 Å². The minimum atomic E-state index is -3.41. The van der Waals surface area contributed by atoms with Crippen LogP contribution >= 0.6 is 22.7 Å². The van der Waals surface area contributed by atoms with Crippen molar-refractivity contribution in [1.82, 2.24) is 15.0 Å². The van der Waals surface area contributed by atoms with E-state index in [0.29, 0.717) is 24.4 Å². The molecule has 2 aromatic rings. The summed E-state index contributed by atoms with van der Waals surface area (Å²) in [6.45, 7) is 3.96. The summed E-state index contributed by atoms with van der Waals surface area (Å²) in [7, 11) is -3.41. The van der Waals surface area contributed by atoms with E-state index in [4.69, 9.17) is 0 Å². The predicted octanol–water partition coefficient (Wildman–Crippen LogP) is 1.84. The predicted molar refractivity (Wildman–Crippen MR) is 82.7 cm³/mol. The van der Waals surface area contributed by atoms with Gasteiger partial charge in [0.05, 0.1) is 9.90 Å². The zero-order valence-corrected chi connectivity index (χ0v) is 13.6. The molecule has 0 atom stereocenters. The number of hydrogen-bond acceptors (Lipinski definition) is 6. The van der Waals surface area contributed by atoms with Gasteiger partial charge in [-0.1, -0.05) is 6.92 Å². The summed E-state index contributed by atoms with van der Waals surface area (Å²) in [5.74, 6) is 0. The minimum Gasteiger partial charge on any atom is -0.312 e. The van der Waals surface area contributed by atoms with E-state index in [0.717, 1.165) is 16.4 Å². The highest BCUT2D eigenvalue weighted by Gasteiger charge is 2.15. The molecule has 2 heterocycles. The summed E-state index contributed by atoms with van der Waals surface area (Å²) in [5, 5.41) is 7.68. The number of nitrogens with zero attached hydrogens (tertiary/aromatic N) is 1. The van der Waals surface area contributed by atoms with Crippen LogP contribution in [0.1, 0.15) is 16.8 Å². The average Bonchev–Trinajstić information content (AvgIpc) is 3.07. The van der Waals surface area contributed by atoms with Gasteiger partial charge in [-0.05, 0) is 12.6 Å². The van der Waals surface area contributed by atoms with Crippen LogP contribution < -0.4 is 10.0 Å². The van der Waals surface area contributed by atoms with Crippen molar-refractivity contribution in [2.45, 2.75) is 24.8 Å². The molecule has 0 saturated heterocycles. The molecule has 0 aliphatic rings. The van der Waals surface area contributed by atoms with E-state index >= 15 is 0 Å². The molecule has 2 aromatic heterocycles. The van der Waals surface area contributed by atoms with Crippen molar-refractivity contribution in [3.63, 3.8) is 0 Å². The van der Waals surface area contributed by atoms with E-state index < -0.39 is 10.0 Å². The minimum absolute atomic E-state index is 0.342. The molecular weight excluding hydrogens is 314 g/mol. The highest BCUT2D eigenvalue weighted by Crippen LogP contribution is 2.19. The molecule has 0 radical (unpaired) electrons.